The van der Waals surface area contributed by atoms with Gasteiger partial charge in [-0.25, -0.2) is 0 Å². The number of ether oxygens (including phenoxy) is 2. The maximum absolute atomic E-state index is 5.85. The highest BCUT2D eigenvalue weighted by Crippen LogP contribution is 2.28. The van der Waals surface area contributed by atoms with Crippen LogP contribution in [-0.2, 0) is 4.74 Å². The van der Waals surface area contributed by atoms with Crippen LogP contribution in [0.4, 0.5) is 11.4 Å². The number of piperazine rings is 1. The third kappa shape index (κ3) is 2.11. The number of hydrogen-bond donors (Lipinski definition) is 2. The predicted octanol–water partition coefficient (Wildman–Crippen LogP) is 0.454. The number of nitrogens with zero attached hydrogens (tertiary/aromatic N) is 1. The first-order valence-electron chi connectivity index (χ1n) is 6.28. The van der Waals surface area contributed by atoms with Gasteiger partial charge in [-0.15, -0.1) is 0 Å². The summed E-state index contributed by atoms with van der Waals surface area (Å²) in [6.07, 6.45) is 0. The zero-order valence-electron chi connectivity index (χ0n) is 10.6. The van der Waals surface area contributed by atoms with E-state index in [0.29, 0.717) is 17.8 Å². The molecule has 2 aliphatic rings. The monoisotopic (exact) mass is 249 g/mol. The van der Waals surface area contributed by atoms with Crippen molar-refractivity contribution in [1.82, 2.24) is 5.32 Å². The molecular formula is C13H19N3O2. The highest BCUT2D eigenvalue weighted by molar-refractivity contribution is 5.62. The van der Waals surface area contributed by atoms with Crippen molar-refractivity contribution >= 4 is 11.4 Å². The molecule has 2 atom stereocenters. The SMILES string of the molecule is COc1cc(N2CC3COCC(C2)N3)ccc1N. The molecule has 1 aromatic carbocycles. The van der Waals surface area contributed by atoms with Crippen molar-refractivity contribution in [2.24, 2.45) is 0 Å². The molecule has 98 valence electrons. The summed E-state index contributed by atoms with van der Waals surface area (Å²) in [4.78, 5) is 2.37. The molecule has 3 N–H and O–H groups in total. The lowest BCUT2D eigenvalue weighted by Gasteiger charge is -2.43. The van der Waals surface area contributed by atoms with Crippen molar-refractivity contribution in [3.63, 3.8) is 0 Å². The molecule has 2 fully saturated rings. The number of nitrogen functional groups attached to an aromatic ring is 1. The van der Waals surface area contributed by atoms with Gasteiger partial charge in [-0.2, -0.15) is 0 Å². The molecule has 0 radical (unpaired) electrons. The van der Waals surface area contributed by atoms with Gasteiger partial charge < -0.3 is 25.4 Å². The molecule has 5 nitrogen and oxygen atoms in total. The third-order valence-corrected chi connectivity index (χ3v) is 3.57. The van der Waals surface area contributed by atoms with Crippen molar-refractivity contribution in [2.75, 3.05) is 44.0 Å². The number of rotatable bonds is 2. The fourth-order valence-electron chi connectivity index (χ4n) is 2.71. The van der Waals surface area contributed by atoms with E-state index in [4.69, 9.17) is 15.2 Å². The maximum atomic E-state index is 5.85. The first-order valence-corrected chi connectivity index (χ1v) is 6.28. The van der Waals surface area contributed by atoms with E-state index in [1.165, 1.54) is 5.69 Å². The van der Waals surface area contributed by atoms with Crippen molar-refractivity contribution in [1.29, 1.82) is 0 Å². The van der Waals surface area contributed by atoms with Crippen LogP contribution >= 0.6 is 0 Å². The van der Waals surface area contributed by atoms with E-state index in [2.05, 4.69) is 16.3 Å². The van der Waals surface area contributed by atoms with Gasteiger partial charge >= 0.3 is 0 Å². The summed E-state index contributed by atoms with van der Waals surface area (Å²) in [5.41, 5.74) is 7.69. The van der Waals surface area contributed by atoms with Crippen LogP contribution < -0.4 is 20.7 Å². The van der Waals surface area contributed by atoms with Crippen LogP contribution in [0.1, 0.15) is 0 Å². The van der Waals surface area contributed by atoms with Crippen LogP contribution in [0.25, 0.3) is 0 Å². The van der Waals surface area contributed by atoms with E-state index < -0.39 is 0 Å². The molecule has 2 aliphatic heterocycles. The summed E-state index contributed by atoms with van der Waals surface area (Å²) < 4.78 is 10.8. The number of methoxy groups -OCH3 is 1. The highest BCUT2D eigenvalue weighted by Gasteiger charge is 2.30. The van der Waals surface area contributed by atoms with Crippen LogP contribution in [0, 0.1) is 0 Å². The summed E-state index contributed by atoms with van der Waals surface area (Å²) >= 11 is 0. The molecule has 3 rings (SSSR count). The predicted molar refractivity (Wildman–Crippen MR) is 71.2 cm³/mol. The van der Waals surface area contributed by atoms with Gasteiger partial charge in [0, 0.05) is 36.9 Å². The number of benzene rings is 1. The summed E-state index contributed by atoms with van der Waals surface area (Å²) in [6, 6.07) is 6.81. The van der Waals surface area contributed by atoms with Crippen LogP contribution in [0.5, 0.6) is 5.75 Å². The standard InChI is InChI=1S/C13H19N3O2/c1-17-13-4-11(2-3-12(13)14)16-5-9-7-18-8-10(6-16)15-9/h2-4,9-10,15H,5-8,14H2,1H3. The minimum atomic E-state index is 0.418. The second-order valence-electron chi connectivity index (χ2n) is 4.93. The summed E-state index contributed by atoms with van der Waals surface area (Å²) in [5, 5.41) is 3.57. The summed E-state index contributed by atoms with van der Waals surface area (Å²) in [6.45, 7) is 3.51. The fraction of sp³-hybridized carbons (Fsp3) is 0.538. The number of nitrogens with one attached hydrogen (secondary N) is 1. The normalized spacial score (nSPS) is 27.1. The largest absolute Gasteiger partial charge is 0.495 e. The Kier molecular flexibility index (Phi) is 3.01. The summed E-state index contributed by atoms with van der Waals surface area (Å²) in [5.74, 6) is 0.743. The highest BCUT2D eigenvalue weighted by atomic mass is 16.5. The van der Waals surface area contributed by atoms with Crippen molar-refractivity contribution in [3.8, 4) is 5.75 Å². The Bertz CT molecular complexity index is 426. The number of morpholine rings is 1. The Hall–Kier alpha value is -1.46. The molecule has 2 saturated heterocycles. The van der Waals surface area contributed by atoms with Gasteiger partial charge in [0.2, 0.25) is 0 Å². The average molecular weight is 249 g/mol. The summed E-state index contributed by atoms with van der Waals surface area (Å²) in [7, 11) is 1.65. The van der Waals surface area contributed by atoms with Crippen molar-refractivity contribution in [2.45, 2.75) is 12.1 Å². The quantitative estimate of drug-likeness (QED) is 0.745. The molecule has 18 heavy (non-hydrogen) atoms. The number of anilines is 2. The Morgan fingerprint density at radius 2 is 2.06 bits per heavy atom. The number of nitrogens with two attached hydrogens (primary N) is 1. The van der Waals surface area contributed by atoms with Gasteiger partial charge in [0.15, 0.2) is 0 Å². The topological polar surface area (TPSA) is 59.8 Å². The fourth-order valence-corrected chi connectivity index (χ4v) is 2.71. The Morgan fingerprint density at radius 3 is 2.72 bits per heavy atom. The van der Waals surface area contributed by atoms with Crippen LogP contribution in [0.2, 0.25) is 0 Å². The van der Waals surface area contributed by atoms with Gasteiger partial charge in [-0.1, -0.05) is 0 Å². The minimum absolute atomic E-state index is 0.418. The first kappa shape index (κ1) is 11.6. The van der Waals surface area contributed by atoms with E-state index in [0.717, 1.165) is 32.1 Å². The zero-order valence-corrected chi connectivity index (χ0v) is 10.6. The number of fused-ring (bicyclic) bond motifs is 2. The molecule has 2 bridgehead atoms. The molecule has 1 aromatic rings. The average Bonchev–Trinajstić information content (AvgIpc) is 2.39. The van der Waals surface area contributed by atoms with Crippen LogP contribution in [-0.4, -0.2) is 45.5 Å². The van der Waals surface area contributed by atoms with E-state index in [1.807, 2.05) is 12.1 Å². The van der Waals surface area contributed by atoms with Gasteiger partial charge in [0.05, 0.1) is 26.0 Å². The van der Waals surface area contributed by atoms with Gasteiger partial charge in [-0.3, -0.25) is 0 Å². The van der Waals surface area contributed by atoms with Gasteiger partial charge in [0.25, 0.3) is 0 Å². The van der Waals surface area contributed by atoms with Gasteiger partial charge in [0.1, 0.15) is 5.75 Å². The molecule has 0 aliphatic carbocycles. The third-order valence-electron chi connectivity index (χ3n) is 3.57. The van der Waals surface area contributed by atoms with E-state index >= 15 is 0 Å². The Morgan fingerprint density at radius 1 is 1.33 bits per heavy atom. The second kappa shape index (κ2) is 4.66. The lowest BCUT2D eigenvalue weighted by atomic mass is 10.1. The lowest BCUT2D eigenvalue weighted by Crippen LogP contribution is -2.62. The van der Waals surface area contributed by atoms with Gasteiger partial charge in [-0.05, 0) is 12.1 Å². The molecule has 0 aromatic heterocycles. The molecule has 2 heterocycles. The smallest absolute Gasteiger partial charge is 0.143 e. The molecular weight excluding hydrogens is 230 g/mol. The molecule has 0 spiro atoms. The Balaban J connectivity index is 1.82. The van der Waals surface area contributed by atoms with E-state index in [9.17, 15) is 0 Å². The van der Waals surface area contributed by atoms with Crippen LogP contribution in [0.15, 0.2) is 18.2 Å². The maximum Gasteiger partial charge on any atom is 0.143 e. The Labute approximate surface area is 107 Å². The molecule has 0 saturated carbocycles. The minimum Gasteiger partial charge on any atom is -0.495 e. The number of hydrogen-bond acceptors (Lipinski definition) is 5. The molecule has 2 unspecified atom stereocenters. The molecule has 5 heteroatoms. The molecule has 0 amide bonds. The zero-order chi connectivity index (χ0) is 12.5. The van der Waals surface area contributed by atoms with E-state index in [1.54, 1.807) is 7.11 Å². The lowest BCUT2D eigenvalue weighted by molar-refractivity contribution is 0.0376. The van der Waals surface area contributed by atoms with Crippen LogP contribution in [0.3, 0.4) is 0 Å². The van der Waals surface area contributed by atoms with Crippen molar-refractivity contribution in [3.05, 3.63) is 18.2 Å². The first-order chi connectivity index (χ1) is 8.76. The van der Waals surface area contributed by atoms with Crippen molar-refractivity contribution < 1.29 is 9.47 Å². The second-order valence-corrected chi connectivity index (χ2v) is 4.93. The van der Waals surface area contributed by atoms with E-state index in [-0.39, 0.29) is 0 Å².